The van der Waals surface area contributed by atoms with Gasteiger partial charge in [-0.25, -0.2) is 14.8 Å². The smallest absolute Gasteiger partial charge is 0.374 e. The van der Waals surface area contributed by atoms with E-state index in [0.717, 1.165) is 17.8 Å². The van der Waals surface area contributed by atoms with Crippen LogP contribution in [0.2, 0.25) is 0 Å². The van der Waals surface area contributed by atoms with Gasteiger partial charge in [-0.15, -0.1) is 0 Å². The molecule has 1 aromatic heterocycles. The molecule has 2 aromatic rings. The maximum atomic E-state index is 11.2. The zero-order valence-electron chi connectivity index (χ0n) is 11.6. The lowest BCUT2D eigenvalue weighted by molar-refractivity contribution is 0.0684. The molecule has 0 radical (unpaired) electrons. The summed E-state index contributed by atoms with van der Waals surface area (Å²) in [6.45, 7) is 3.14. The average Bonchev–Trinajstić information content (AvgIpc) is 3.12. The summed E-state index contributed by atoms with van der Waals surface area (Å²) in [4.78, 5) is 21.5. The molecule has 1 aliphatic carbocycles. The lowest BCUT2D eigenvalue weighted by Gasteiger charge is -2.20. The van der Waals surface area contributed by atoms with E-state index >= 15 is 0 Å². The molecule has 0 saturated heterocycles. The lowest BCUT2D eigenvalue weighted by Crippen LogP contribution is -2.23. The first-order chi connectivity index (χ1) is 9.56. The van der Waals surface area contributed by atoms with Gasteiger partial charge in [0.15, 0.2) is 0 Å². The first kappa shape index (κ1) is 12.8. The molecule has 20 heavy (non-hydrogen) atoms. The molecule has 5 nitrogen and oxygen atoms in total. The molecule has 1 fully saturated rings. The molecule has 1 aromatic carbocycles. The van der Waals surface area contributed by atoms with Crippen molar-refractivity contribution in [2.45, 2.75) is 13.3 Å². The van der Waals surface area contributed by atoms with Crippen LogP contribution < -0.4 is 4.90 Å². The summed E-state index contributed by atoms with van der Waals surface area (Å²) in [6.07, 6.45) is 1.24. The minimum absolute atomic E-state index is 0.144. The van der Waals surface area contributed by atoms with Crippen molar-refractivity contribution < 1.29 is 9.90 Å². The number of aromatic nitrogens is 2. The van der Waals surface area contributed by atoms with E-state index < -0.39 is 5.97 Å². The molecule has 104 valence electrons. The topological polar surface area (TPSA) is 66.3 Å². The van der Waals surface area contributed by atoms with Gasteiger partial charge in [-0.05, 0) is 30.4 Å². The molecule has 1 aliphatic rings. The summed E-state index contributed by atoms with van der Waals surface area (Å²) < 4.78 is 0. The van der Waals surface area contributed by atoms with Gasteiger partial charge in [0.1, 0.15) is 5.82 Å². The third-order valence-corrected chi connectivity index (χ3v) is 3.92. The summed E-state index contributed by atoms with van der Waals surface area (Å²) in [5, 5.41) is 10.0. The lowest BCUT2D eigenvalue weighted by atomic mass is 10.2. The summed E-state index contributed by atoms with van der Waals surface area (Å²) >= 11 is 0. The maximum absolute atomic E-state index is 11.2. The van der Waals surface area contributed by atoms with Crippen LogP contribution in [0.15, 0.2) is 24.3 Å². The molecule has 2 atom stereocenters. The third kappa shape index (κ3) is 2.31. The number of benzene rings is 1. The second-order valence-electron chi connectivity index (χ2n) is 5.55. The number of carbonyl (C=O) groups is 1. The summed E-state index contributed by atoms with van der Waals surface area (Å²) in [6, 6.07) is 7.53. The maximum Gasteiger partial charge on any atom is 0.374 e. The van der Waals surface area contributed by atoms with Crippen LogP contribution in [0.3, 0.4) is 0 Å². The molecule has 1 heterocycles. The molecule has 0 aliphatic heterocycles. The van der Waals surface area contributed by atoms with Crippen molar-refractivity contribution >= 4 is 22.7 Å². The highest BCUT2D eigenvalue weighted by Crippen LogP contribution is 2.39. The van der Waals surface area contributed by atoms with Gasteiger partial charge in [-0.3, -0.25) is 0 Å². The minimum atomic E-state index is -1.09. The fourth-order valence-electron chi connectivity index (χ4n) is 2.54. The van der Waals surface area contributed by atoms with E-state index in [0.29, 0.717) is 17.3 Å². The van der Waals surface area contributed by atoms with E-state index in [9.17, 15) is 4.79 Å². The number of fused-ring (bicyclic) bond motifs is 1. The molecule has 0 spiro atoms. The molecule has 0 amide bonds. The normalized spacial score (nSPS) is 20.9. The Morgan fingerprint density at radius 3 is 2.75 bits per heavy atom. The molecule has 1 N–H and O–H groups in total. The Morgan fingerprint density at radius 1 is 1.40 bits per heavy atom. The Hall–Kier alpha value is -2.17. The second-order valence-corrected chi connectivity index (χ2v) is 5.55. The Kier molecular flexibility index (Phi) is 3.04. The van der Waals surface area contributed by atoms with Crippen LogP contribution in [0.4, 0.5) is 5.82 Å². The number of carboxylic acids is 1. The highest BCUT2D eigenvalue weighted by molar-refractivity contribution is 5.93. The molecule has 2 unspecified atom stereocenters. The zero-order valence-corrected chi connectivity index (χ0v) is 11.6. The van der Waals surface area contributed by atoms with Crippen molar-refractivity contribution in [3.8, 4) is 0 Å². The number of nitrogens with zero attached hydrogens (tertiary/aromatic N) is 3. The largest absolute Gasteiger partial charge is 0.475 e. The number of hydrogen-bond acceptors (Lipinski definition) is 4. The molecule has 1 saturated carbocycles. The van der Waals surface area contributed by atoms with Crippen LogP contribution in [0.5, 0.6) is 0 Å². The van der Waals surface area contributed by atoms with E-state index in [-0.39, 0.29) is 5.82 Å². The highest BCUT2D eigenvalue weighted by Gasteiger charge is 2.33. The monoisotopic (exact) mass is 271 g/mol. The van der Waals surface area contributed by atoms with Crippen molar-refractivity contribution in [2.75, 3.05) is 18.5 Å². The molecule has 5 heteroatoms. The number of hydrogen-bond donors (Lipinski definition) is 1. The zero-order chi connectivity index (χ0) is 14.3. The number of carboxylic acid groups (broad SMARTS) is 1. The molecule has 0 bridgehead atoms. The summed E-state index contributed by atoms with van der Waals surface area (Å²) in [5.74, 6) is 0.901. The summed E-state index contributed by atoms with van der Waals surface area (Å²) in [5.41, 5.74) is 0.672. The van der Waals surface area contributed by atoms with E-state index in [2.05, 4.69) is 16.9 Å². The standard InChI is InChI=1S/C15H17N3O2/c1-9-7-10(9)8-18(2)14-11-5-3-4-6-12(11)16-13(17-14)15(19)20/h3-6,9-10H,7-8H2,1-2H3,(H,19,20). The highest BCUT2D eigenvalue weighted by atomic mass is 16.4. The number of aromatic carboxylic acids is 1. The third-order valence-electron chi connectivity index (χ3n) is 3.92. The fraction of sp³-hybridized carbons (Fsp3) is 0.400. The van der Waals surface area contributed by atoms with Gasteiger partial charge in [-0.2, -0.15) is 0 Å². The Balaban J connectivity index is 2.04. The quantitative estimate of drug-likeness (QED) is 0.925. The Bertz CT molecular complexity index is 671. The number of rotatable bonds is 4. The number of anilines is 1. The van der Waals surface area contributed by atoms with Crippen LogP contribution in [0, 0.1) is 11.8 Å². The summed E-state index contributed by atoms with van der Waals surface area (Å²) in [7, 11) is 1.96. The van der Waals surface area contributed by atoms with Gasteiger partial charge in [0, 0.05) is 19.0 Å². The Morgan fingerprint density at radius 2 is 2.10 bits per heavy atom. The minimum Gasteiger partial charge on any atom is -0.475 e. The van der Waals surface area contributed by atoms with Gasteiger partial charge in [0.2, 0.25) is 5.82 Å². The second kappa shape index (κ2) is 4.74. The average molecular weight is 271 g/mol. The SMILES string of the molecule is CC1CC1CN(C)c1nc(C(=O)O)nc2ccccc12. The molecular formula is C15H17N3O2. The molecular weight excluding hydrogens is 254 g/mol. The first-order valence-corrected chi connectivity index (χ1v) is 6.77. The predicted molar refractivity (Wildman–Crippen MR) is 77.0 cm³/mol. The van der Waals surface area contributed by atoms with Gasteiger partial charge >= 0.3 is 5.97 Å². The fourth-order valence-corrected chi connectivity index (χ4v) is 2.54. The van der Waals surface area contributed by atoms with Crippen molar-refractivity contribution in [2.24, 2.45) is 11.8 Å². The number of para-hydroxylation sites is 1. The van der Waals surface area contributed by atoms with E-state index in [1.807, 2.05) is 36.2 Å². The van der Waals surface area contributed by atoms with Gasteiger partial charge in [0.05, 0.1) is 5.52 Å². The van der Waals surface area contributed by atoms with Crippen molar-refractivity contribution in [3.63, 3.8) is 0 Å². The Labute approximate surface area is 117 Å². The van der Waals surface area contributed by atoms with Crippen LogP contribution in [0.1, 0.15) is 24.0 Å². The first-order valence-electron chi connectivity index (χ1n) is 6.77. The van der Waals surface area contributed by atoms with Crippen LogP contribution in [-0.2, 0) is 0 Å². The predicted octanol–water partition coefficient (Wildman–Crippen LogP) is 2.42. The van der Waals surface area contributed by atoms with E-state index in [1.165, 1.54) is 6.42 Å². The van der Waals surface area contributed by atoms with Crippen LogP contribution in [0.25, 0.3) is 10.9 Å². The van der Waals surface area contributed by atoms with Gasteiger partial charge < -0.3 is 10.0 Å². The van der Waals surface area contributed by atoms with Crippen molar-refractivity contribution in [1.29, 1.82) is 0 Å². The van der Waals surface area contributed by atoms with Crippen LogP contribution >= 0.6 is 0 Å². The van der Waals surface area contributed by atoms with Gasteiger partial charge in [0.25, 0.3) is 0 Å². The molecule has 3 rings (SSSR count). The van der Waals surface area contributed by atoms with Crippen molar-refractivity contribution in [1.82, 2.24) is 9.97 Å². The van der Waals surface area contributed by atoms with E-state index in [4.69, 9.17) is 5.11 Å². The van der Waals surface area contributed by atoms with Crippen molar-refractivity contribution in [3.05, 3.63) is 30.1 Å². The van der Waals surface area contributed by atoms with E-state index in [1.54, 1.807) is 0 Å². The van der Waals surface area contributed by atoms with Gasteiger partial charge in [-0.1, -0.05) is 19.1 Å². The van der Waals surface area contributed by atoms with Crippen LogP contribution in [-0.4, -0.2) is 34.6 Å².